The first-order valence-electron chi connectivity index (χ1n) is 8.37. The Morgan fingerprint density at radius 3 is 2.41 bits per heavy atom. The molecule has 0 atom stereocenters. The summed E-state index contributed by atoms with van der Waals surface area (Å²) in [5.74, 6) is -0.400. The number of hydrogen-bond donors (Lipinski definition) is 1. The van der Waals surface area contributed by atoms with Gasteiger partial charge in [-0.05, 0) is 29.8 Å². The number of nitrogens with zero attached hydrogens (tertiary/aromatic N) is 2. The first-order valence-corrected chi connectivity index (χ1v) is 8.78. The number of benzene rings is 2. The molecule has 3 rings (SSSR count). The molecule has 1 aliphatic rings. The van der Waals surface area contributed by atoms with E-state index in [4.69, 9.17) is 12.2 Å². The lowest BCUT2D eigenvalue weighted by atomic mass is 9.84. The predicted molar refractivity (Wildman–Crippen MR) is 109 cm³/mol. The predicted octanol–water partition coefficient (Wildman–Crippen LogP) is 3.96. The molecule has 0 bridgehead atoms. The van der Waals surface area contributed by atoms with Crippen LogP contribution in [0.1, 0.15) is 29.8 Å². The van der Waals surface area contributed by atoms with E-state index in [1.165, 1.54) is 29.8 Å². The number of nitro groups is 1. The van der Waals surface area contributed by atoms with Crippen LogP contribution in [0, 0.1) is 10.1 Å². The van der Waals surface area contributed by atoms with Crippen LogP contribution in [-0.4, -0.2) is 22.9 Å². The van der Waals surface area contributed by atoms with Gasteiger partial charge in [0.2, 0.25) is 0 Å². The van der Waals surface area contributed by atoms with Crippen molar-refractivity contribution in [1.29, 1.82) is 0 Å². The second kappa shape index (κ2) is 6.92. The van der Waals surface area contributed by atoms with Crippen molar-refractivity contribution >= 4 is 34.5 Å². The maximum Gasteiger partial charge on any atom is 0.269 e. The van der Waals surface area contributed by atoms with Crippen molar-refractivity contribution in [2.24, 2.45) is 0 Å². The standard InChI is InChI=1S/C20H19N3O3S/c1-20(2)15-6-4-5-7-16(15)22(3)17(20)12-18(27)21-19(24)13-8-10-14(11-9-13)23(25)26/h4-12H,1-3H3,(H,21,24,27). The van der Waals surface area contributed by atoms with E-state index in [2.05, 4.69) is 36.2 Å². The molecule has 0 unspecified atom stereocenters. The zero-order valence-corrected chi connectivity index (χ0v) is 16.0. The summed E-state index contributed by atoms with van der Waals surface area (Å²) in [6.45, 7) is 4.23. The molecule has 0 radical (unpaired) electrons. The highest BCUT2D eigenvalue weighted by atomic mass is 32.1. The molecular weight excluding hydrogens is 362 g/mol. The molecule has 0 saturated heterocycles. The van der Waals surface area contributed by atoms with Gasteiger partial charge in [-0.15, -0.1) is 0 Å². The van der Waals surface area contributed by atoms with E-state index in [0.717, 1.165) is 11.4 Å². The number of nitrogens with one attached hydrogen (secondary N) is 1. The summed E-state index contributed by atoms with van der Waals surface area (Å²) in [5.41, 5.74) is 3.29. The van der Waals surface area contributed by atoms with E-state index in [1.807, 2.05) is 19.2 Å². The van der Waals surface area contributed by atoms with Crippen molar-refractivity contribution < 1.29 is 9.72 Å². The molecule has 7 heteroatoms. The topological polar surface area (TPSA) is 75.5 Å². The van der Waals surface area contributed by atoms with Crippen LogP contribution in [0.15, 0.2) is 60.3 Å². The summed E-state index contributed by atoms with van der Waals surface area (Å²) in [6.07, 6.45) is 1.79. The van der Waals surface area contributed by atoms with Crippen LogP contribution >= 0.6 is 12.2 Å². The molecule has 2 aromatic rings. The molecular formula is C20H19N3O3S. The number of nitro benzene ring substituents is 1. The minimum Gasteiger partial charge on any atom is -0.347 e. The average Bonchev–Trinajstić information content (AvgIpc) is 2.83. The number of likely N-dealkylation sites (N-methyl/N-ethyl adjacent to an activating group) is 1. The summed E-state index contributed by atoms with van der Waals surface area (Å²) in [6, 6.07) is 13.5. The minimum absolute atomic E-state index is 0.0664. The number of allylic oxidation sites excluding steroid dienone is 1. The van der Waals surface area contributed by atoms with Crippen LogP contribution in [0.25, 0.3) is 0 Å². The SMILES string of the molecule is CN1C(=CC(=S)NC(=O)c2ccc([N+](=O)[O-])cc2)C(C)(C)c2ccccc21. The van der Waals surface area contributed by atoms with E-state index in [-0.39, 0.29) is 11.1 Å². The monoisotopic (exact) mass is 381 g/mol. The number of thiocarbonyl (C=S) groups is 1. The highest BCUT2D eigenvalue weighted by Crippen LogP contribution is 2.46. The lowest BCUT2D eigenvalue weighted by Crippen LogP contribution is -2.31. The molecule has 1 heterocycles. The number of carbonyl (C=O) groups is 1. The van der Waals surface area contributed by atoms with Crippen molar-refractivity contribution in [3.8, 4) is 0 Å². The van der Waals surface area contributed by atoms with E-state index in [0.29, 0.717) is 10.6 Å². The van der Waals surface area contributed by atoms with Crippen molar-refractivity contribution in [3.05, 3.63) is 81.5 Å². The van der Waals surface area contributed by atoms with Gasteiger partial charge < -0.3 is 10.2 Å². The van der Waals surface area contributed by atoms with E-state index in [1.54, 1.807) is 6.08 Å². The molecule has 0 saturated carbocycles. The molecule has 0 spiro atoms. The van der Waals surface area contributed by atoms with Crippen LogP contribution < -0.4 is 10.2 Å². The number of carbonyl (C=O) groups excluding carboxylic acids is 1. The first kappa shape index (κ1) is 18.7. The van der Waals surface area contributed by atoms with Crippen molar-refractivity contribution in [2.45, 2.75) is 19.3 Å². The van der Waals surface area contributed by atoms with E-state index in [9.17, 15) is 14.9 Å². The smallest absolute Gasteiger partial charge is 0.269 e. The third-order valence-electron chi connectivity index (χ3n) is 4.79. The second-order valence-electron chi connectivity index (χ2n) is 6.85. The van der Waals surface area contributed by atoms with Gasteiger partial charge in [-0.2, -0.15) is 0 Å². The Labute approximate surface area is 162 Å². The first-order chi connectivity index (χ1) is 12.7. The van der Waals surface area contributed by atoms with E-state index < -0.39 is 10.8 Å². The summed E-state index contributed by atoms with van der Waals surface area (Å²) < 4.78 is 0. The quantitative estimate of drug-likeness (QED) is 0.377. The lowest BCUT2D eigenvalue weighted by molar-refractivity contribution is -0.384. The van der Waals surface area contributed by atoms with Crippen LogP contribution in [0.3, 0.4) is 0 Å². The molecule has 1 amide bonds. The Bertz CT molecular complexity index is 965. The highest BCUT2D eigenvalue weighted by molar-refractivity contribution is 7.80. The Hall–Kier alpha value is -3.06. The van der Waals surface area contributed by atoms with Crippen LogP contribution in [0.2, 0.25) is 0 Å². The van der Waals surface area contributed by atoms with Gasteiger partial charge in [0, 0.05) is 41.5 Å². The molecule has 1 aliphatic heterocycles. The molecule has 6 nitrogen and oxygen atoms in total. The van der Waals surface area contributed by atoms with Crippen molar-refractivity contribution in [1.82, 2.24) is 5.32 Å². The fraction of sp³-hybridized carbons (Fsp3) is 0.200. The molecule has 138 valence electrons. The maximum absolute atomic E-state index is 12.4. The molecule has 27 heavy (non-hydrogen) atoms. The third kappa shape index (κ3) is 3.46. The van der Waals surface area contributed by atoms with Gasteiger partial charge >= 0.3 is 0 Å². The molecule has 1 N–H and O–H groups in total. The van der Waals surface area contributed by atoms with Gasteiger partial charge in [0.1, 0.15) is 4.99 Å². The number of non-ortho nitro benzene ring substituents is 1. The largest absolute Gasteiger partial charge is 0.347 e. The third-order valence-corrected chi connectivity index (χ3v) is 5.01. The number of amides is 1. The number of hydrogen-bond acceptors (Lipinski definition) is 5. The molecule has 2 aromatic carbocycles. The Balaban J connectivity index is 1.79. The normalized spacial score (nSPS) is 16.1. The van der Waals surface area contributed by atoms with Crippen LogP contribution in [0.5, 0.6) is 0 Å². The zero-order chi connectivity index (χ0) is 19.8. The highest BCUT2D eigenvalue weighted by Gasteiger charge is 2.38. The van der Waals surface area contributed by atoms with Crippen LogP contribution in [0.4, 0.5) is 11.4 Å². The number of fused-ring (bicyclic) bond motifs is 1. The second-order valence-corrected chi connectivity index (χ2v) is 7.29. The summed E-state index contributed by atoms with van der Waals surface area (Å²) in [5, 5.41) is 13.4. The fourth-order valence-electron chi connectivity index (χ4n) is 3.34. The summed E-state index contributed by atoms with van der Waals surface area (Å²) >= 11 is 5.36. The summed E-state index contributed by atoms with van der Waals surface area (Å²) in [7, 11) is 1.97. The van der Waals surface area contributed by atoms with Crippen molar-refractivity contribution in [3.63, 3.8) is 0 Å². The number of rotatable bonds is 3. The molecule has 0 aliphatic carbocycles. The number of para-hydroxylation sites is 1. The summed E-state index contributed by atoms with van der Waals surface area (Å²) in [4.78, 5) is 24.9. The Morgan fingerprint density at radius 2 is 1.81 bits per heavy atom. The van der Waals surface area contributed by atoms with Gasteiger partial charge in [-0.3, -0.25) is 14.9 Å². The minimum atomic E-state index is -0.508. The molecule has 0 fully saturated rings. The molecule has 0 aromatic heterocycles. The zero-order valence-electron chi connectivity index (χ0n) is 15.2. The van der Waals surface area contributed by atoms with Gasteiger partial charge in [-0.25, -0.2) is 0 Å². The Kier molecular flexibility index (Phi) is 4.80. The van der Waals surface area contributed by atoms with Gasteiger partial charge in [0.05, 0.1) is 4.92 Å². The van der Waals surface area contributed by atoms with Gasteiger partial charge in [0.15, 0.2) is 0 Å². The van der Waals surface area contributed by atoms with E-state index >= 15 is 0 Å². The van der Waals surface area contributed by atoms with Gasteiger partial charge in [-0.1, -0.05) is 44.3 Å². The lowest BCUT2D eigenvalue weighted by Gasteiger charge is -2.24. The number of anilines is 1. The average molecular weight is 381 g/mol. The van der Waals surface area contributed by atoms with Crippen molar-refractivity contribution in [2.75, 3.05) is 11.9 Å². The van der Waals surface area contributed by atoms with Crippen LogP contribution in [-0.2, 0) is 5.41 Å². The maximum atomic E-state index is 12.4. The Morgan fingerprint density at radius 1 is 1.19 bits per heavy atom. The van der Waals surface area contributed by atoms with Gasteiger partial charge in [0.25, 0.3) is 11.6 Å². The fourth-order valence-corrected chi connectivity index (χ4v) is 3.54.